The lowest BCUT2D eigenvalue weighted by molar-refractivity contribution is 0.669. The Bertz CT molecular complexity index is 2140. The van der Waals surface area contributed by atoms with Gasteiger partial charge in [-0.1, -0.05) is 133 Å². The molecule has 3 heteroatoms. The summed E-state index contributed by atoms with van der Waals surface area (Å²) in [4.78, 5) is 10.1. The molecule has 0 N–H and O–H groups in total. The van der Waals surface area contributed by atoms with Crippen LogP contribution < -0.4 is 0 Å². The predicted molar refractivity (Wildman–Crippen MR) is 176 cm³/mol. The molecule has 0 aliphatic carbocycles. The summed E-state index contributed by atoms with van der Waals surface area (Å²) in [5, 5.41) is 2.12. The van der Waals surface area contributed by atoms with Gasteiger partial charge < -0.3 is 4.42 Å². The van der Waals surface area contributed by atoms with Gasteiger partial charge in [-0.15, -0.1) is 0 Å². The molecule has 8 aromatic rings. The van der Waals surface area contributed by atoms with Gasteiger partial charge in [-0.2, -0.15) is 0 Å². The van der Waals surface area contributed by atoms with Crippen molar-refractivity contribution in [2.24, 2.45) is 0 Å². The van der Waals surface area contributed by atoms with E-state index in [4.69, 9.17) is 14.4 Å². The Morgan fingerprint density at radius 3 is 1.63 bits per heavy atom. The summed E-state index contributed by atoms with van der Waals surface area (Å²) in [7, 11) is 0. The van der Waals surface area contributed by atoms with Gasteiger partial charge in [-0.05, 0) is 46.5 Å². The molecule has 0 saturated heterocycles. The summed E-state index contributed by atoms with van der Waals surface area (Å²) < 4.78 is 6.37. The lowest BCUT2D eigenvalue weighted by atomic mass is 9.97. The lowest BCUT2D eigenvalue weighted by Gasteiger charge is -2.10. The average Bonchev–Trinajstić information content (AvgIpc) is 3.47. The molecular weight excluding hydrogens is 524 g/mol. The van der Waals surface area contributed by atoms with E-state index in [0.717, 1.165) is 61.1 Å². The van der Waals surface area contributed by atoms with Crippen LogP contribution in [0.5, 0.6) is 0 Å². The van der Waals surface area contributed by atoms with Crippen LogP contribution in [0.2, 0.25) is 0 Å². The quantitative estimate of drug-likeness (QED) is 0.214. The second-order valence-corrected chi connectivity index (χ2v) is 10.6. The number of hydrogen-bond acceptors (Lipinski definition) is 3. The van der Waals surface area contributed by atoms with Gasteiger partial charge in [0.25, 0.3) is 0 Å². The molecule has 6 aromatic carbocycles. The highest BCUT2D eigenvalue weighted by molar-refractivity contribution is 6.13. The van der Waals surface area contributed by atoms with Crippen LogP contribution in [0.3, 0.4) is 0 Å². The Kier molecular flexibility index (Phi) is 6.12. The number of furan rings is 1. The fourth-order valence-electron chi connectivity index (χ4n) is 5.76. The van der Waals surface area contributed by atoms with Crippen molar-refractivity contribution < 1.29 is 4.42 Å². The topological polar surface area (TPSA) is 38.9 Å². The van der Waals surface area contributed by atoms with E-state index in [0.29, 0.717) is 5.82 Å². The molecule has 2 aromatic heterocycles. The molecule has 8 rings (SSSR count). The van der Waals surface area contributed by atoms with Gasteiger partial charge in [-0.3, -0.25) is 0 Å². The van der Waals surface area contributed by atoms with Crippen LogP contribution in [0.25, 0.3) is 78.1 Å². The van der Waals surface area contributed by atoms with E-state index in [-0.39, 0.29) is 0 Å². The molecule has 0 radical (unpaired) electrons. The maximum Gasteiger partial charge on any atom is 0.160 e. The monoisotopic (exact) mass is 550 g/mol. The summed E-state index contributed by atoms with van der Waals surface area (Å²) in [5.41, 5.74) is 11.2. The molecule has 202 valence electrons. The third kappa shape index (κ3) is 4.67. The van der Waals surface area contributed by atoms with E-state index in [1.807, 2.05) is 54.6 Å². The van der Waals surface area contributed by atoms with Gasteiger partial charge in [-0.25, -0.2) is 9.97 Å². The van der Waals surface area contributed by atoms with E-state index in [9.17, 15) is 0 Å². The highest BCUT2D eigenvalue weighted by Gasteiger charge is 2.17. The Labute approximate surface area is 249 Å². The maximum absolute atomic E-state index is 6.37. The summed E-state index contributed by atoms with van der Waals surface area (Å²) in [6.45, 7) is 0. The first-order chi connectivity index (χ1) is 21.3. The van der Waals surface area contributed by atoms with Crippen LogP contribution in [-0.4, -0.2) is 9.97 Å². The Morgan fingerprint density at radius 1 is 0.372 bits per heavy atom. The number of aromatic nitrogens is 2. The lowest BCUT2D eigenvalue weighted by Crippen LogP contribution is -1.96. The standard InChI is InChI=1S/C40H26N2O/c1-4-11-27(12-5-1)28-19-21-29(22-20-28)32-23-24-37-34(25-32)39-33(17-10-18-38(39)43-37)36-26-35(30-13-6-2-7-14-30)41-40(42-36)31-15-8-3-9-16-31/h1-26H. The predicted octanol–water partition coefficient (Wildman–Crippen LogP) is 10.7. The average molecular weight is 551 g/mol. The van der Waals surface area contributed by atoms with Crippen LogP contribution in [0.1, 0.15) is 0 Å². The molecule has 0 aliphatic rings. The third-order valence-electron chi connectivity index (χ3n) is 7.92. The van der Waals surface area contributed by atoms with Crippen LogP contribution in [-0.2, 0) is 0 Å². The van der Waals surface area contributed by atoms with E-state index < -0.39 is 0 Å². The second-order valence-electron chi connectivity index (χ2n) is 10.6. The molecule has 0 aliphatic heterocycles. The van der Waals surface area contributed by atoms with Gasteiger partial charge in [0.1, 0.15) is 11.2 Å². The van der Waals surface area contributed by atoms with Crippen molar-refractivity contribution in [3.8, 4) is 56.2 Å². The maximum atomic E-state index is 6.37. The molecule has 0 unspecified atom stereocenters. The molecule has 43 heavy (non-hydrogen) atoms. The molecule has 0 saturated carbocycles. The minimum Gasteiger partial charge on any atom is -0.456 e. The minimum atomic E-state index is 0.695. The zero-order valence-corrected chi connectivity index (χ0v) is 23.3. The molecule has 0 spiro atoms. The molecule has 0 amide bonds. The number of rotatable bonds is 5. The molecule has 0 atom stereocenters. The highest BCUT2D eigenvalue weighted by atomic mass is 16.3. The van der Waals surface area contributed by atoms with Gasteiger partial charge in [0.2, 0.25) is 0 Å². The number of benzene rings is 6. The summed E-state index contributed by atoms with van der Waals surface area (Å²) in [6, 6.07) is 54.4. The fraction of sp³-hybridized carbons (Fsp3) is 0. The van der Waals surface area contributed by atoms with Crippen molar-refractivity contribution in [3.05, 3.63) is 158 Å². The van der Waals surface area contributed by atoms with E-state index in [1.165, 1.54) is 11.1 Å². The minimum absolute atomic E-state index is 0.695. The number of fused-ring (bicyclic) bond motifs is 3. The second kappa shape index (κ2) is 10.6. The van der Waals surface area contributed by atoms with Gasteiger partial charge in [0, 0.05) is 27.5 Å². The normalized spacial score (nSPS) is 11.3. The fourth-order valence-corrected chi connectivity index (χ4v) is 5.76. The van der Waals surface area contributed by atoms with E-state index in [1.54, 1.807) is 0 Å². The zero-order chi connectivity index (χ0) is 28.6. The van der Waals surface area contributed by atoms with Crippen molar-refractivity contribution >= 4 is 21.9 Å². The SMILES string of the molecule is c1ccc(-c2ccc(-c3ccc4oc5cccc(-c6cc(-c7ccccc7)nc(-c7ccccc7)n6)c5c4c3)cc2)cc1. The van der Waals surface area contributed by atoms with Crippen LogP contribution in [0.4, 0.5) is 0 Å². The van der Waals surface area contributed by atoms with Gasteiger partial charge in [0.15, 0.2) is 5.82 Å². The van der Waals surface area contributed by atoms with Crippen molar-refractivity contribution in [3.63, 3.8) is 0 Å². The summed E-state index contributed by atoms with van der Waals surface area (Å²) in [5.74, 6) is 0.695. The van der Waals surface area contributed by atoms with Gasteiger partial charge >= 0.3 is 0 Å². The first kappa shape index (κ1) is 25.0. The summed E-state index contributed by atoms with van der Waals surface area (Å²) in [6.07, 6.45) is 0. The van der Waals surface area contributed by atoms with Crippen molar-refractivity contribution in [1.82, 2.24) is 9.97 Å². The van der Waals surface area contributed by atoms with Gasteiger partial charge in [0.05, 0.1) is 11.4 Å². The summed E-state index contributed by atoms with van der Waals surface area (Å²) >= 11 is 0. The third-order valence-corrected chi connectivity index (χ3v) is 7.92. The zero-order valence-electron chi connectivity index (χ0n) is 23.3. The Morgan fingerprint density at radius 2 is 0.930 bits per heavy atom. The number of nitrogens with zero attached hydrogens (tertiary/aromatic N) is 2. The van der Waals surface area contributed by atoms with Crippen molar-refractivity contribution in [2.75, 3.05) is 0 Å². The number of hydrogen-bond donors (Lipinski definition) is 0. The van der Waals surface area contributed by atoms with Crippen LogP contribution in [0, 0.1) is 0 Å². The Balaban J connectivity index is 1.29. The smallest absolute Gasteiger partial charge is 0.160 e. The molecule has 3 nitrogen and oxygen atoms in total. The van der Waals surface area contributed by atoms with Crippen molar-refractivity contribution in [1.29, 1.82) is 0 Å². The van der Waals surface area contributed by atoms with E-state index in [2.05, 4.69) is 103 Å². The van der Waals surface area contributed by atoms with E-state index >= 15 is 0 Å². The van der Waals surface area contributed by atoms with Crippen LogP contribution in [0.15, 0.2) is 162 Å². The van der Waals surface area contributed by atoms with Crippen molar-refractivity contribution in [2.45, 2.75) is 0 Å². The molecule has 0 fully saturated rings. The molecular formula is C40H26N2O. The first-order valence-electron chi connectivity index (χ1n) is 14.4. The first-order valence-corrected chi connectivity index (χ1v) is 14.4. The highest BCUT2D eigenvalue weighted by Crippen LogP contribution is 2.39. The van der Waals surface area contributed by atoms with Crippen LogP contribution >= 0.6 is 0 Å². The Hall–Kier alpha value is -5.80. The molecule has 2 heterocycles. The molecule has 0 bridgehead atoms. The largest absolute Gasteiger partial charge is 0.456 e.